The van der Waals surface area contributed by atoms with Gasteiger partial charge < -0.3 is 10.1 Å². The Morgan fingerprint density at radius 3 is 2.79 bits per heavy atom. The van der Waals surface area contributed by atoms with Crippen LogP contribution in [0.15, 0.2) is 29.4 Å². The lowest BCUT2D eigenvalue weighted by Crippen LogP contribution is -2.47. The summed E-state index contributed by atoms with van der Waals surface area (Å²) in [5.41, 5.74) is 0. The van der Waals surface area contributed by atoms with E-state index >= 15 is 0 Å². The van der Waals surface area contributed by atoms with Gasteiger partial charge in [-0.15, -0.1) is 0 Å². The number of ether oxygens (including phenoxy) is 1. The van der Waals surface area contributed by atoms with E-state index < -0.39 is 0 Å². The second-order valence-electron chi connectivity index (χ2n) is 6.53. The second-order valence-corrected chi connectivity index (χ2v) is 7.75. The number of amides is 1. The van der Waals surface area contributed by atoms with Gasteiger partial charge in [0.2, 0.25) is 5.91 Å². The van der Waals surface area contributed by atoms with E-state index in [0.29, 0.717) is 6.04 Å². The van der Waals surface area contributed by atoms with Crippen molar-refractivity contribution in [2.75, 3.05) is 32.8 Å². The predicted molar refractivity (Wildman–Crippen MR) is 96.2 cm³/mol. The van der Waals surface area contributed by atoms with Crippen LogP contribution in [0.3, 0.4) is 0 Å². The number of nitrogens with one attached hydrogen (secondary N) is 1. The quantitative estimate of drug-likeness (QED) is 0.799. The van der Waals surface area contributed by atoms with Crippen LogP contribution in [0.2, 0.25) is 0 Å². The molecule has 1 saturated heterocycles. The molecule has 1 saturated carbocycles. The average molecular weight is 350 g/mol. The van der Waals surface area contributed by atoms with E-state index in [0.717, 1.165) is 50.7 Å². The molecule has 0 bridgehead atoms. The minimum atomic E-state index is -0.125. The van der Waals surface area contributed by atoms with Crippen molar-refractivity contribution >= 4 is 17.7 Å². The van der Waals surface area contributed by atoms with Gasteiger partial charge in [0.25, 0.3) is 0 Å². The number of carbonyl (C=O) groups excluding carboxylic acids is 1. The molecular weight excluding hydrogens is 322 g/mol. The highest BCUT2D eigenvalue weighted by molar-refractivity contribution is 8.00. The first-order chi connectivity index (χ1) is 11.8. The van der Waals surface area contributed by atoms with Crippen molar-refractivity contribution < 1.29 is 9.53 Å². The number of hydrogen-bond donors (Lipinski definition) is 1. The zero-order valence-electron chi connectivity index (χ0n) is 14.2. The molecule has 6 heteroatoms. The Kier molecular flexibility index (Phi) is 6.93. The summed E-state index contributed by atoms with van der Waals surface area (Å²) in [4.78, 5) is 19.6. The van der Waals surface area contributed by atoms with Crippen LogP contribution in [0, 0.1) is 0 Å². The fourth-order valence-corrected chi connectivity index (χ4v) is 4.33. The first-order valence-electron chi connectivity index (χ1n) is 8.99. The van der Waals surface area contributed by atoms with E-state index in [2.05, 4.69) is 15.2 Å². The summed E-state index contributed by atoms with van der Waals surface area (Å²) in [5, 5.41) is 4.07. The smallest absolute Gasteiger partial charge is 0.235 e. The fourth-order valence-electron chi connectivity index (χ4n) is 3.30. The second kappa shape index (κ2) is 9.39. The monoisotopic (exact) mass is 349 g/mol. The van der Waals surface area contributed by atoms with Crippen molar-refractivity contribution in [3.63, 3.8) is 0 Å². The Labute approximate surface area is 148 Å². The van der Waals surface area contributed by atoms with Crippen LogP contribution in [-0.4, -0.2) is 59.9 Å². The molecule has 0 aromatic carbocycles. The highest BCUT2D eigenvalue weighted by Gasteiger charge is 2.26. The van der Waals surface area contributed by atoms with Gasteiger partial charge in [0.15, 0.2) is 0 Å². The Morgan fingerprint density at radius 1 is 1.29 bits per heavy atom. The van der Waals surface area contributed by atoms with Gasteiger partial charge in [-0.05, 0) is 25.0 Å². The zero-order chi connectivity index (χ0) is 16.6. The minimum Gasteiger partial charge on any atom is -0.379 e. The lowest BCUT2D eigenvalue weighted by atomic mass is 9.95. The molecule has 1 aliphatic heterocycles. The van der Waals surface area contributed by atoms with E-state index in [1.54, 1.807) is 18.0 Å². The lowest BCUT2D eigenvalue weighted by molar-refractivity contribution is -0.122. The van der Waals surface area contributed by atoms with Crippen LogP contribution in [0.5, 0.6) is 0 Å². The molecule has 2 fully saturated rings. The molecule has 1 aromatic heterocycles. The molecule has 1 aliphatic carbocycles. The molecule has 2 aliphatic rings. The van der Waals surface area contributed by atoms with Crippen molar-refractivity contribution in [1.82, 2.24) is 15.2 Å². The van der Waals surface area contributed by atoms with Crippen molar-refractivity contribution in [3.05, 3.63) is 24.4 Å². The maximum absolute atomic E-state index is 12.9. The van der Waals surface area contributed by atoms with E-state index in [-0.39, 0.29) is 11.2 Å². The molecule has 5 nitrogen and oxygen atoms in total. The molecule has 1 aromatic rings. The van der Waals surface area contributed by atoms with Crippen molar-refractivity contribution in [2.45, 2.75) is 48.4 Å². The molecule has 1 atom stereocenters. The van der Waals surface area contributed by atoms with Gasteiger partial charge in [-0.1, -0.05) is 37.1 Å². The summed E-state index contributed by atoms with van der Waals surface area (Å²) in [6.07, 6.45) is 7.77. The molecule has 2 heterocycles. The lowest BCUT2D eigenvalue weighted by Gasteiger charge is -2.31. The van der Waals surface area contributed by atoms with Gasteiger partial charge in [-0.2, -0.15) is 0 Å². The minimum absolute atomic E-state index is 0.125. The molecule has 1 N–H and O–H groups in total. The first kappa shape index (κ1) is 17.7. The fraction of sp³-hybridized carbons (Fsp3) is 0.667. The van der Waals surface area contributed by atoms with Gasteiger partial charge in [0, 0.05) is 31.9 Å². The van der Waals surface area contributed by atoms with Crippen LogP contribution < -0.4 is 5.32 Å². The van der Waals surface area contributed by atoms with Gasteiger partial charge in [0.1, 0.15) is 5.25 Å². The van der Waals surface area contributed by atoms with Gasteiger partial charge in [-0.25, -0.2) is 4.98 Å². The third-order valence-corrected chi connectivity index (χ3v) is 5.80. The standard InChI is InChI=1S/C18H27N3O2S/c22-18(20-15-6-2-1-3-7-15)16(14-21-10-12-23-13-11-21)24-17-8-4-5-9-19-17/h4-5,8-9,15-16H,1-3,6-7,10-14H2,(H,20,22). The largest absolute Gasteiger partial charge is 0.379 e. The number of aromatic nitrogens is 1. The summed E-state index contributed by atoms with van der Waals surface area (Å²) in [6.45, 7) is 4.06. The van der Waals surface area contributed by atoms with Gasteiger partial charge in [-0.3, -0.25) is 9.69 Å². The van der Waals surface area contributed by atoms with Crippen LogP contribution in [0.1, 0.15) is 32.1 Å². The van der Waals surface area contributed by atoms with Crippen LogP contribution in [-0.2, 0) is 9.53 Å². The number of hydrogen-bond acceptors (Lipinski definition) is 5. The number of nitrogens with zero attached hydrogens (tertiary/aromatic N) is 2. The molecule has 1 unspecified atom stereocenters. The van der Waals surface area contributed by atoms with Crippen molar-refractivity contribution in [3.8, 4) is 0 Å². The Hall–Kier alpha value is -1.11. The van der Waals surface area contributed by atoms with Crippen LogP contribution in [0.25, 0.3) is 0 Å². The number of thioether (sulfide) groups is 1. The van der Waals surface area contributed by atoms with E-state index in [1.807, 2.05) is 18.2 Å². The average Bonchev–Trinajstić information content (AvgIpc) is 2.64. The van der Waals surface area contributed by atoms with E-state index in [1.165, 1.54) is 19.3 Å². The molecule has 0 radical (unpaired) electrons. The summed E-state index contributed by atoms with van der Waals surface area (Å²) in [6, 6.07) is 6.21. The van der Waals surface area contributed by atoms with E-state index in [4.69, 9.17) is 4.74 Å². The maximum atomic E-state index is 12.9. The van der Waals surface area contributed by atoms with Crippen molar-refractivity contribution in [1.29, 1.82) is 0 Å². The zero-order valence-corrected chi connectivity index (χ0v) is 15.0. The highest BCUT2D eigenvalue weighted by Crippen LogP contribution is 2.24. The molecule has 0 spiro atoms. The maximum Gasteiger partial charge on any atom is 0.235 e. The predicted octanol–water partition coefficient (Wildman–Crippen LogP) is 2.32. The summed E-state index contributed by atoms with van der Waals surface area (Å²) < 4.78 is 5.42. The highest BCUT2D eigenvalue weighted by atomic mass is 32.2. The Bertz CT molecular complexity index is 502. The number of morpholine rings is 1. The molecule has 1 amide bonds. The van der Waals surface area contributed by atoms with Crippen LogP contribution in [0.4, 0.5) is 0 Å². The van der Waals surface area contributed by atoms with Crippen molar-refractivity contribution in [2.24, 2.45) is 0 Å². The Morgan fingerprint density at radius 2 is 2.08 bits per heavy atom. The number of pyridine rings is 1. The summed E-state index contributed by atoms with van der Waals surface area (Å²) >= 11 is 1.57. The number of carbonyl (C=O) groups is 1. The number of rotatable bonds is 6. The normalized spacial score (nSPS) is 21.3. The molecule has 24 heavy (non-hydrogen) atoms. The molecule has 132 valence electrons. The summed E-state index contributed by atoms with van der Waals surface area (Å²) in [5.74, 6) is 0.157. The van der Waals surface area contributed by atoms with Gasteiger partial charge >= 0.3 is 0 Å². The third-order valence-electron chi connectivity index (χ3n) is 4.67. The third kappa shape index (κ3) is 5.46. The SMILES string of the molecule is O=C(NC1CCCCC1)C(CN1CCOCC1)Sc1ccccn1. The topological polar surface area (TPSA) is 54.5 Å². The molecule has 3 rings (SSSR count). The first-order valence-corrected chi connectivity index (χ1v) is 9.87. The van der Waals surface area contributed by atoms with Gasteiger partial charge in [0.05, 0.1) is 18.2 Å². The molecular formula is C18H27N3O2S. The van der Waals surface area contributed by atoms with E-state index in [9.17, 15) is 4.79 Å². The summed E-state index contributed by atoms with van der Waals surface area (Å²) in [7, 11) is 0. The Balaban J connectivity index is 1.61. The van der Waals surface area contributed by atoms with Crippen LogP contribution >= 0.6 is 11.8 Å².